The van der Waals surface area contributed by atoms with Gasteiger partial charge in [0.1, 0.15) is 5.75 Å². The van der Waals surface area contributed by atoms with Crippen LogP contribution < -0.4 is 4.74 Å². The van der Waals surface area contributed by atoms with Gasteiger partial charge < -0.3 is 4.74 Å². The Morgan fingerprint density at radius 1 is 0.299 bits per heavy atom. The minimum atomic E-state index is -0.197. The van der Waals surface area contributed by atoms with Crippen LogP contribution in [0.5, 0.6) is 5.75 Å². The van der Waals surface area contributed by atoms with Gasteiger partial charge in [0.25, 0.3) is 0 Å². The van der Waals surface area contributed by atoms with Gasteiger partial charge in [0.15, 0.2) is 0 Å². The molecule has 11 aromatic rings. The first-order valence-electron chi connectivity index (χ1n) is 23.9. The maximum Gasteiger partial charge on any atom is 0.119 e. The van der Waals surface area contributed by atoms with E-state index < -0.39 is 0 Å². The normalized spacial score (nSPS) is 14.0. The first-order valence-corrected chi connectivity index (χ1v) is 23.9. The van der Waals surface area contributed by atoms with Gasteiger partial charge in [0.05, 0.1) is 6.61 Å². The van der Waals surface area contributed by atoms with Crippen molar-refractivity contribution < 1.29 is 4.74 Å². The number of rotatable bonds is 6. The van der Waals surface area contributed by atoms with E-state index >= 15 is 0 Å². The maximum atomic E-state index is 5.86. The van der Waals surface area contributed by atoms with E-state index in [0.717, 1.165) is 5.75 Å². The van der Waals surface area contributed by atoms with Gasteiger partial charge in [0.2, 0.25) is 0 Å². The van der Waals surface area contributed by atoms with Crippen LogP contribution in [0.2, 0.25) is 0 Å². The highest BCUT2D eigenvalue weighted by molar-refractivity contribution is 6.30. The summed E-state index contributed by atoms with van der Waals surface area (Å²) in [6, 6.07) is 75.3. The van der Waals surface area contributed by atoms with Gasteiger partial charge in [0, 0.05) is 10.8 Å². The summed E-state index contributed by atoms with van der Waals surface area (Å²) in [4.78, 5) is 0. The second-order valence-corrected chi connectivity index (χ2v) is 19.7. The zero-order chi connectivity index (χ0) is 45.2. The fourth-order valence-corrected chi connectivity index (χ4v) is 12.3. The summed E-state index contributed by atoms with van der Waals surface area (Å²) < 4.78 is 5.86. The molecule has 0 atom stereocenters. The Morgan fingerprint density at radius 2 is 0.612 bits per heavy atom. The Balaban J connectivity index is 0.972. The number of hydrogen-bond donors (Lipinski definition) is 0. The molecule has 0 spiro atoms. The molecule has 13 rings (SSSR count). The van der Waals surface area contributed by atoms with Gasteiger partial charge in [-0.2, -0.15) is 0 Å². The molecule has 0 fully saturated rings. The molecule has 0 unspecified atom stereocenters. The van der Waals surface area contributed by atoms with Crippen molar-refractivity contribution in [3.8, 4) is 72.5 Å². The molecule has 320 valence electrons. The Labute approximate surface area is 393 Å². The van der Waals surface area contributed by atoms with Crippen molar-refractivity contribution in [2.45, 2.75) is 45.4 Å². The van der Waals surface area contributed by atoms with Crippen molar-refractivity contribution in [1.29, 1.82) is 0 Å². The summed E-state index contributed by atoms with van der Waals surface area (Å²) in [5.74, 6) is 0.891. The SMILES string of the molecule is CCOc1ccc(-c2c3ccccc3c(-c3c4ccccc4c(-c4ccc5c(c4)C(C)(C)c4cc(-c6ccc7c(c6)C(C)(C)c6ccccc6-7)ccc4-5)c4ccccc34)c3ccccc23)cc1. The minimum absolute atomic E-state index is 0.0408. The standard InChI is InChI=1S/C66H50O/c1-6-67-44-32-27-40(28-33-44)61-49-18-7-11-22-53(49)63(54-23-12-8-19-50(54)61)64-55-24-13-9-20-51(55)62(52-21-10-14-25-56(52)64)43-31-36-48-47-35-30-42(38-59(47)66(4,5)60(48)39-43)41-29-34-46-45-17-15-16-26-57(45)65(2,3)58(46)37-41/h7-39H,6H2,1-5H3. The molecule has 67 heavy (non-hydrogen) atoms. The van der Waals surface area contributed by atoms with Gasteiger partial charge in [-0.15, -0.1) is 0 Å². The first kappa shape index (κ1) is 39.6. The summed E-state index contributed by atoms with van der Waals surface area (Å²) in [7, 11) is 0. The molecular weight excluding hydrogens is 809 g/mol. The molecule has 0 amide bonds. The van der Waals surface area contributed by atoms with E-state index in [1.165, 1.54) is 132 Å². The van der Waals surface area contributed by atoms with Crippen LogP contribution in [-0.4, -0.2) is 6.61 Å². The molecule has 11 aromatic carbocycles. The summed E-state index contributed by atoms with van der Waals surface area (Å²) in [6.45, 7) is 12.2. The molecule has 0 saturated carbocycles. The van der Waals surface area contributed by atoms with E-state index in [2.05, 4.69) is 228 Å². The van der Waals surface area contributed by atoms with Gasteiger partial charge in [-0.05, 0) is 169 Å². The molecule has 0 radical (unpaired) electrons. The lowest BCUT2D eigenvalue weighted by molar-refractivity contribution is 0.340. The van der Waals surface area contributed by atoms with Crippen LogP contribution in [0.1, 0.15) is 56.9 Å². The summed E-state index contributed by atoms with van der Waals surface area (Å²) in [5.41, 5.74) is 20.8. The lowest BCUT2D eigenvalue weighted by Gasteiger charge is -2.24. The molecule has 1 heteroatoms. The lowest BCUT2D eigenvalue weighted by atomic mass is 9.79. The van der Waals surface area contributed by atoms with Crippen molar-refractivity contribution in [2.24, 2.45) is 0 Å². The van der Waals surface area contributed by atoms with Crippen LogP contribution in [0.3, 0.4) is 0 Å². The predicted molar refractivity (Wildman–Crippen MR) is 285 cm³/mol. The molecule has 0 saturated heterocycles. The topological polar surface area (TPSA) is 9.23 Å². The van der Waals surface area contributed by atoms with E-state index in [4.69, 9.17) is 4.74 Å². The largest absolute Gasteiger partial charge is 0.494 e. The van der Waals surface area contributed by atoms with Crippen LogP contribution >= 0.6 is 0 Å². The van der Waals surface area contributed by atoms with E-state index in [0.29, 0.717) is 6.61 Å². The average molecular weight is 859 g/mol. The van der Waals surface area contributed by atoms with Gasteiger partial charge in [-0.25, -0.2) is 0 Å². The van der Waals surface area contributed by atoms with Crippen LogP contribution in [0.4, 0.5) is 0 Å². The summed E-state index contributed by atoms with van der Waals surface area (Å²) >= 11 is 0. The van der Waals surface area contributed by atoms with E-state index in [9.17, 15) is 0 Å². The van der Waals surface area contributed by atoms with Crippen molar-refractivity contribution >= 4 is 43.1 Å². The van der Waals surface area contributed by atoms with E-state index in [-0.39, 0.29) is 10.8 Å². The average Bonchev–Trinajstić information content (AvgIpc) is 3.73. The molecule has 2 aliphatic carbocycles. The van der Waals surface area contributed by atoms with Gasteiger partial charge in [-0.3, -0.25) is 0 Å². The summed E-state index contributed by atoms with van der Waals surface area (Å²) in [5, 5.41) is 10.0. The van der Waals surface area contributed by atoms with E-state index in [1.54, 1.807) is 0 Å². The third kappa shape index (κ3) is 5.74. The lowest BCUT2D eigenvalue weighted by Crippen LogP contribution is -2.15. The quantitative estimate of drug-likeness (QED) is 0.151. The highest BCUT2D eigenvalue weighted by Crippen LogP contribution is 2.55. The molecule has 2 aliphatic rings. The van der Waals surface area contributed by atoms with Crippen molar-refractivity contribution in [3.05, 3.63) is 222 Å². The molecule has 0 aromatic heterocycles. The Kier molecular flexibility index (Phi) is 8.65. The Morgan fingerprint density at radius 3 is 1.04 bits per heavy atom. The van der Waals surface area contributed by atoms with Crippen LogP contribution in [-0.2, 0) is 10.8 Å². The molecular formula is C66H50O. The second-order valence-electron chi connectivity index (χ2n) is 19.7. The van der Waals surface area contributed by atoms with Crippen LogP contribution in [0.25, 0.3) is 110 Å². The third-order valence-electron chi connectivity index (χ3n) is 15.4. The van der Waals surface area contributed by atoms with Crippen LogP contribution in [0, 0.1) is 0 Å². The predicted octanol–water partition coefficient (Wildman–Crippen LogP) is 18.0. The van der Waals surface area contributed by atoms with E-state index in [1.807, 2.05) is 6.92 Å². The fourth-order valence-electron chi connectivity index (χ4n) is 12.3. The summed E-state index contributed by atoms with van der Waals surface area (Å²) in [6.07, 6.45) is 0. The highest BCUT2D eigenvalue weighted by Gasteiger charge is 2.38. The fraction of sp³-hybridized carbons (Fsp3) is 0.121. The monoisotopic (exact) mass is 858 g/mol. The number of benzene rings is 11. The second kappa shape index (κ2) is 14.6. The maximum absolute atomic E-state index is 5.86. The van der Waals surface area contributed by atoms with Gasteiger partial charge >= 0.3 is 0 Å². The molecule has 1 nitrogen and oxygen atoms in total. The first-order chi connectivity index (χ1) is 32.7. The highest BCUT2D eigenvalue weighted by atomic mass is 16.5. The third-order valence-corrected chi connectivity index (χ3v) is 15.4. The van der Waals surface area contributed by atoms with Gasteiger partial charge in [-0.1, -0.05) is 198 Å². The Bertz CT molecular complexity index is 3750. The Hall–Kier alpha value is -7.74. The minimum Gasteiger partial charge on any atom is -0.494 e. The zero-order valence-electron chi connectivity index (χ0n) is 38.7. The zero-order valence-corrected chi connectivity index (χ0v) is 38.7. The molecule has 0 heterocycles. The number of fused-ring (bicyclic) bond motifs is 10. The molecule has 0 aliphatic heterocycles. The smallest absolute Gasteiger partial charge is 0.119 e. The molecule has 0 N–H and O–H groups in total. The van der Waals surface area contributed by atoms with Crippen LogP contribution in [0.15, 0.2) is 200 Å². The molecule has 0 bridgehead atoms. The number of hydrogen-bond acceptors (Lipinski definition) is 1. The van der Waals surface area contributed by atoms with Crippen molar-refractivity contribution in [1.82, 2.24) is 0 Å². The number of ether oxygens (including phenoxy) is 1. The van der Waals surface area contributed by atoms with Crippen molar-refractivity contribution in [2.75, 3.05) is 6.61 Å². The van der Waals surface area contributed by atoms with Crippen molar-refractivity contribution in [3.63, 3.8) is 0 Å².